The fraction of sp³-hybridized carbons (Fsp3) is 0.364. The van der Waals surface area contributed by atoms with Gasteiger partial charge in [-0.05, 0) is 12.5 Å². The zero-order valence-electron chi connectivity index (χ0n) is 10.2. The average molecular weight is 281 g/mol. The van der Waals surface area contributed by atoms with Crippen LogP contribution in [0.25, 0.3) is 0 Å². The number of anilines is 1. The number of hydrogen-bond acceptors (Lipinski definition) is 6. The summed E-state index contributed by atoms with van der Waals surface area (Å²) in [7, 11) is 0. The quantitative estimate of drug-likeness (QED) is 0.652. The van der Waals surface area contributed by atoms with Gasteiger partial charge in [0.15, 0.2) is 5.13 Å². The van der Waals surface area contributed by atoms with Gasteiger partial charge in [-0.2, -0.15) is 5.10 Å². The smallest absolute Gasteiger partial charge is 0.326 e. The van der Waals surface area contributed by atoms with Crippen molar-refractivity contribution < 1.29 is 9.90 Å². The molecular formula is C11H15N5O2S. The molecule has 0 bridgehead atoms. The molecule has 0 amide bonds. The summed E-state index contributed by atoms with van der Waals surface area (Å²) in [5, 5.41) is 18.4. The Balaban J connectivity index is 1.76. The third-order valence-electron chi connectivity index (χ3n) is 2.51. The van der Waals surface area contributed by atoms with E-state index >= 15 is 0 Å². The Bertz CT molecular complexity index is 525. The third-order valence-corrected chi connectivity index (χ3v) is 3.32. The van der Waals surface area contributed by atoms with Crippen molar-refractivity contribution in [3.05, 3.63) is 29.5 Å². The second kappa shape index (κ2) is 6.30. The van der Waals surface area contributed by atoms with Crippen LogP contribution >= 0.6 is 11.3 Å². The summed E-state index contributed by atoms with van der Waals surface area (Å²) >= 11 is 1.36. The minimum absolute atomic E-state index is 0.382. The van der Waals surface area contributed by atoms with E-state index in [2.05, 4.69) is 15.4 Å². The zero-order valence-corrected chi connectivity index (χ0v) is 11.0. The minimum atomic E-state index is -1.07. The van der Waals surface area contributed by atoms with E-state index in [1.54, 1.807) is 11.6 Å². The van der Waals surface area contributed by atoms with Crippen LogP contribution in [-0.4, -0.2) is 32.4 Å². The topological polar surface area (TPSA) is 106 Å². The summed E-state index contributed by atoms with van der Waals surface area (Å²) in [6, 6.07) is 0.823. The van der Waals surface area contributed by atoms with Gasteiger partial charge in [-0.1, -0.05) is 0 Å². The summed E-state index contributed by atoms with van der Waals surface area (Å²) in [6.45, 7) is 1.57. The number of nitrogens with zero attached hydrogens (tertiary/aromatic N) is 3. The predicted octanol–water partition coefficient (Wildman–Crippen LogP) is 0.926. The first-order chi connectivity index (χ1) is 9.16. The second-order valence-corrected chi connectivity index (χ2v) is 4.80. The van der Waals surface area contributed by atoms with Crippen LogP contribution in [0.3, 0.4) is 0 Å². The Labute approximate surface area is 114 Å². The minimum Gasteiger partial charge on any atom is -0.480 e. The van der Waals surface area contributed by atoms with Crippen LogP contribution in [-0.2, 0) is 11.3 Å². The normalized spacial score (nSPS) is 12.3. The van der Waals surface area contributed by atoms with Crippen molar-refractivity contribution in [2.45, 2.75) is 19.0 Å². The highest BCUT2D eigenvalue weighted by Crippen LogP contribution is 2.19. The number of nitrogens with one attached hydrogen (secondary N) is 1. The van der Waals surface area contributed by atoms with Gasteiger partial charge in [-0.3, -0.25) is 9.48 Å². The molecule has 7 nitrogen and oxygen atoms in total. The molecule has 1 atom stereocenters. The number of aliphatic carboxylic acids is 1. The lowest BCUT2D eigenvalue weighted by Crippen LogP contribution is -2.21. The number of nitrogens with two attached hydrogens (primary N) is 1. The van der Waals surface area contributed by atoms with E-state index in [4.69, 9.17) is 10.8 Å². The van der Waals surface area contributed by atoms with E-state index in [9.17, 15) is 4.79 Å². The Morgan fingerprint density at radius 2 is 2.47 bits per heavy atom. The summed E-state index contributed by atoms with van der Waals surface area (Å²) in [5.74, 6) is -1.07. The molecule has 4 N–H and O–H groups in total. The van der Waals surface area contributed by atoms with Gasteiger partial charge in [-0.15, -0.1) is 11.3 Å². The monoisotopic (exact) mass is 281 g/mol. The fourth-order valence-electron chi connectivity index (χ4n) is 1.51. The number of aromatic nitrogens is 3. The number of aryl methyl sites for hydroxylation is 1. The first kappa shape index (κ1) is 13.5. The van der Waals surface area contributed by atoms with Gasteiger partial charge in [0.1, 0.15) is 6.04 Å². The van der Waals surface area contributed by atoms with Gasteiger partial charge in [0.25, 0.3) is 0 Å². The van der Waals surface area contributed by atoms with Crippen LogP contribution in [0.2, 0.25) is 0 Å². The Kier molecular flexibility index (Phi) is 4.48. The molecule has 19 heavy (non-hydrogen) atoms. The van der Waals surface area contributed by atoms with Crippen molar-refractivity contribution in [3.8, 4) is 0 Å². The van der Waals surface area contributed by atoms with Crippen LogP contribution in [0.4, 0.5) is 5.13 Å². The van der Waals surface area contributed by atoms with Crippen molar-refractivity contribution in [2.24, 2.45) is 5.73 Å². The Hall–Kier alpha value is -1.93. The molecule has 0 radical (unpaired) electrons. The highest BCUT2D eigenvalue weighted by atomic mass is 32.1. The molecule has 1 unspecified atom stereocenters. The maximum absolute atomic E-state index is 10.7. The lowest BCUT2D eigenvalue weighted by atomic mass is 10.2. The molecule has 0 aliphatic heterocycles. The van der Waals surface area contributed by atoms with E-state index in [1.807, 2.05) is 16.9 Å². The molecule has 2 heterocycles. The molecule has 102 valence electrons. The van der Waals surface area contributed by atoms with E-state index in [1.165, 1.54) is 11.3 Å². The summed E-state index contributed by atoms with van der Waals surface area (Å²) in [6.07, 6.45) is 4.56. The van der Waals surface area contributed by atoms with Gasteiger partial charge in [0.05, 0.1) is 5.69 Å². The Morgan fingerprint density at radius 3 is 3.16 bits per heavy atom. The van der Waals surface area contributed by atoms with Crippen LogP contribution in [0.1, 0.15) is 18.2 Å². The largest absolute Gasteiger partial charge is 0.480 e. The maximum Gasteiger partial charge on any atom is 0.326 e. The highest BCUT2D eigenvalue weighted by Gasteiger charge is 2.17. The standard InChI is InChI=1S/C11H15N5O2S/c12-9(10(17)18)8-7-19-11(15-8)13-3-1-5-16-6-2-4-14-16/h2,4,6-7,9H,1,3,5,12H2,(H,13,15)(H,17,18). The fourth-order valence-corrected chi connectivity index (χ4v) is 2.28. The number of carboxylic acid groups (broad SMARTS) is 1. The molecule has 0 fully saturated rings. The van der Waals surface area contributed by atoms with E-state index in [-0.39, 0.29) is 0 Å². The first-order valence-electron chi connectivity index (χ1n) is 5.82. The number of hydrogen-bond donors (Lipinski definition) is 3. The molecule has 8 heteroatoms. The van der Waals surface area contributed by atoms with Crippen LogP contribution in [0, 0.1) is 0 Å². The molecule has 0 aliphatic rings. The van der Waals surface area contributed by atoms with E-state index in [0.29, 0.717) is 10.8 Å². The second-order valence-electron chi connectivity index (χ2n) is 3.94. The van der Waals surface area contributed by atoms with E-state index < -0.39 is 12.0 Å². The number of rotatable bonds is 7. The van der Waals surface area contributed by atoms with Crippen molar-refractivity contribution in [3.63, 3.8) is 0 Å². The van der Waals surface area contributed by atoms with Gasteiger partial charge in [0.2, 0.25) is 0 Å². The molecule has 2 aromatic rings. The molecule has 2 rings (SSSR count). The first-order valence-corrected chi connectivity index (χ1v) is 6.70. The van der Waals surface area contributed by atoms with E-state index in [0.717, 1.165) is 19.5 Å². The van der Waals surface area contributed by atoms with Crippen LogP contribution < -0.4 is 11.1 Å². The number of thiazole rings is 1. The van der Waals surface area contributed by atoms with Crippen LogP contribution in [0.5, 0.6) is 0 Å². The highest BCUT2D eigenvalue weighted by molar-refractivity contribution is 7.13. The van der Waals surface area contributed by atoms with Crippen LogP contribution in [0.15, 0.2) is 23.8 Å². The summed E-state index contributed by atoms with van der Waals surface area (Å²) in [4.78, 5) is 14.9. The van der Waals surface area contributed by atoms with Gasteiger partial charge in [-0.25, -0.2) is 4.98 Å². The predicted molar refractivity (Wildman–Crippen MR) is 72.0 cm³/mol. The molecule has 0 aliphatic carbocycles. The SMILES string of the molecule is NC(C(=O)O)c1csc(NCCCn2cccn2)n1. The third kappa shape index (κ3) is 3.76. The molecular weight excluding hydrogens is 266 g/mol. The average Bonchev–Trinajstić information content (AvgIpc) is 3.05. The van der Waals surface area contributed by atoms with Crippen molar-refractivity contribution in [1.82, 2.24) is 14.8 Å². The molecule has 2 aromatic heterocycles. The van der Waals surface area contributed by atoms with Gasteiger partial charge >= 0.3 is 5.97 Å². The summed E-state index contributed by atoms with van der Waals surface area (Å²) in [5.41, 5.74) is 5.86. The lowest BCUT2D eigenvalue weighted by molar-refractivity contribution is -0.138. The molecule has 0 spiro atoms. The Morgan fingerprint density at radius 1 is 1.63 bits per heavy atom. The molecule has 0 saturated carbocycles. The maximum atomic E-state index is 10.7. The molecule has 0 saturated heterocycles. The van der Waals surface area contributed by atoms with Crippen molar-refractivity contribution in [2.75, 3.05) is 11.9 Å². The number of carbonyl (C=O) groups is 1. The van der Waals surface area contributed by atoms with Gasteiger partial charge < -0.3 is 16.2 Å². The lowest BCUT2D eigenvalue weighted by Gasteiger charge is -2.03. The van der Waals surface area contributed by atoms with Gasteiger partial charge in [0, 0.05) is 30.9 Å². The van der Waals surface area contributed by atoms with Crippen molar-refractivity contribution in [1.29, 1.82) is 0 Å². The molecule has 0 aromatic carbocycles. The summed E-state index contributed by atoms with van der Waals surface area (Å²) < 4.78 is 1.86. The van der Waals surface area contributed by atoms with Crippen molar-refractivity contribution >= 4 is 22.4 Å². The zero-order chi connectivity index (χ0) is 13.7. The number of carboxylic acids is 1.